The molecule has 0 fully saturated rings. The molecule has 0 radical (unpaired) electrons. The van der Waals surface area contributed by atoms with Gasteiger partial charge in [0.2, 0.25) is 0 Å². The minimum absolute atomic E-state index is 0.126. The molecule has 1 unspecified atom stereocenters. The maximum Gasteiger partial charge on any atom is 0.159 e. The molecule has 0 aromatic heterocycles. The Labute approximate surface area is 110 Å². The van der Waals surface area contributed by atoms with Crippen molar-refractivity contribution in [2.45, 2.75) is 13.0 Å². The molecule has 19 heavy (non-hydrogen) atoms. The summed E-state index contributed by atoms with van der Waals surface area (Å²) in [6.07, 6.45) is 0.126. The molecule has 4 heteroatoms. The normalized spacial score (nSPS) is 17.3. The van der Waals surface area contributed by atoms with Crippen LogP contribution in [0, 0.1) is 11.6 Å². The van der Waals surface area contributed by atoms with E-state index in [-0.39, 0.29) is 6.10 Å². The highest BCUT2D eigenvalue weighted by Gasteiger charge is 2.16. The molecule has 0 bridgehead atoms. The highest BCUT2D eigenvalue weighted by atomic mass is 19.2. The molecule has 2 aromatic rings. The fourth-order valence-corrected chi connectivity index (χ4v) is 2.14. The van der Waals surface area contributed by atoms with Gasteiger partial charge in [0.05, 0.1) is 12.2 Å². The van der Waals surface area contributed by atoms with Crippen LogP contribution in [0.25, 0.3) is 11.1 Å². The number of fused-ring (bicyclic) bond motifs is 1. The Bertz CT molecular complexity index is 628. The van der Waals surface area contributed by atoms with Gasteiger partial charge in [-0.1, -0.05) is 12.1 Å². The van der Waals surface area contributed by atoms with Crippen LogP contribution in [-0.2, 0) is 0 Å². The highest BCUT2D eigenvalue weighted by Crippen LogP contribution is 2.33. The molecular weight excluding hydrogens is 248 g/mol. The van der Waals surface area contributed by atoms with Crippen LogP contribution in [-0.4, -0.2) is 12.6 Å². The van der Waals surface area contributed by atoms with E-state index in [0.29, 0.717) is 5.56 Å². The van der Waals surface area contributed by atoms with Gasteiger partial charge >= 0.3 is 0 Å². The third kappa shape index (κ3) is 2.26. The lowest BCUT2D eigenvalue weighted by molar-refractivity contribution is 0.226. The first-order chi connectivity index (χ1) is 9.13. The molecule has 0 saturated heterocycles. The minimum Gasteiger partial charge on any atom is -0.487 e. The predicted octanol–water partition coefficient (Wildman–Crippen LogP) is 3.82. The van der Waals surface area contributed by atoms with E-state index >= 15 is 0 Å². The maximum absolute atomic E-state index is 13.2. The molecule has 1 heterocycles. The Morgan fingerprint density at radius 1 is 1.05 bits per heavy atom. The minimum atomic E-state index is -0.840. The van der Waals surface area contributed by atoms with E-state index in [1.807, 2.05) is 25.1 Å². The molecule has 2 nitrogen and oxygen atoms in total. The summed E-state index contributed by atoms with van der Waals surface area (Å²) >= 11 is 0. The van der Waals surface area contributed by atoms with Crippen LogP contribution >= 0.6 is 0 Å². The van der Waals surface area contributed by atoms with Crippen molar-refractivity contribution in [3.8, 4) is 16.9 Å². The number of hydrogen-bond acceptors (Lipinski definition) is 2. The summed E-state index contributed by atoms with van der Waals surface area (Å²) < 4.78 is 31.8. The summed E-state index contributed by atoms with van der Waals surface area (Å²) in [7, 11) is 0. The Kier molecular flexibility index (Phi) is 2.85. The molecule has 98 valence electrons. The lowest BCUT2D eigenvalue weighted by Gasteiger charge is -2.25. The number of hydrogen-bond donors (Lipinski definition) is 1. The highest BCUT2D eigenvalue weighted by molar-refractivity contribution is 5.72. The Hall–Kier alpha value is -2.10. The fourth-order valence-electron chi connectivity index (χ4n) is 2.14. The van der Waals surface area contributed by atoms with Crippen molar-refractivity contribution in [2.24, 2.45) is 0 Å². The van der Waals surface area contributed by atoms with Crippen molar-refractivity contribution >= 4 is 5.69 Å². The smallest absolute Gasteiger partial charge is 0.159 e. The second-order valence-corrected chi connectivity index (χ2v) is 4.65. The summed E-state index contributed by atoms with van der Waals surface area (Å²) in [5.41, 5.74) is 2.34. The van der Waals surface area contributed by atoms with Gasteiger partial charge in [-0.3, -0.25) is 0 Å². The molecule has 1 N–H and O–H groups in total. The number of anilines is 1. The van der Waals surface area contributed by atoms with Gasteiger partial charge in [0.1, 0.15) is 11.9 Å². The van der Waals surface area contributed by atoms with E-state index in [1.165, 1.54) is 6.07 Å². The predicted molar refractivity (Wildman–Crippen MR) is 70.4 cm³/mol. The first-order valence-electron chi connectivity index (χ1n) is 6.13. The molecule has 1 aliphatic rings. The van der Waals surface area contributed by atoms with Gasteiger partial charge in [-0.25, -0.2) is 8.78 Å². The van der Waals surface area contributed by atoms with E-state index in [1.54, 1.807) is 6.07 Å². The third-order valence-corrected chi connectivity index (χ3v) is 3.14. The van der Waals surface area contributed by atoms with Crippen LogP contribution in [0.2, 0.25) is 0 Å². The van der Waals surface area contributed by atoms with Gasteiger partial charge < -0.3 is 10.1 Å². The molecule has 3 rings (SSSR count). The van der Waals surface area contributed by atoms with Crippen molar-refractivity contribution in [3.05, 3.63) is 48.0 Å². The van der Waals surface area contributed by atoms with Crippen LogP contribution in [0.3, 0.4) is 0 Å². The summed E-state index contributed by atoms with van der Waals surface area (Å²) in [6.45, 7) is 2.72. The van der Waals surface area contributed by atoms with Crippen molar-refractivity contribution in [1.29, 1.82) is 0 Å². The number of ether oxygens (including phenoxy) is 1. The third-order valence-electron chi connectivity index (χ3n) is 3.14. The van der Waals surface area contributed by atoms with Crippen LogP contribution < -0.4 is 10.1 Å². The Morgan fingerprint density at radius 2 is 1.79 bits per heavy atom. The first kappa shape index (κ1) is 12.0. The molecule has 2 aromatic carbocycles. The molecule has 1 aliphatic heterocycles. The van der Waals surface area contributed by atoms with Gasteiger partial charge in [0.25, 0.3) is 0 Å². The monoisotopic (exact) mass is 261 g/mol. The van der Waals surface area contributed by atoms with Crippen molar-refractivity contribution < 1.29 is 13.5 Å². The van der Waals surface area contributed by atoms with E-state index in [0.717, 1.165) is 29.6 Å². The summed E-state index contributed by atoms with van der Waals surface area (Å²) in [4.78, 5) is 0. The molecule has 0 amide bonds. The SMILES string of the molecule is CC1CNc2cc(-c3ccc(F)c(F)c3)ccc2O1. The number of rotatable bonds is 1. The van der Waals surface area contributed by atoms with Gasteiger partial charge in [-0.2, -0.15) is 0 Å². The van der Waals surface area contributed by atoms with Crippen molar-refractivity contribution in [3.63, 3.8) is 0 Å². The van der Waals surface area contributed by atoms with Crippen LogP contribution in [0.15, 0.2) is 36.4 Å². The van der Waals surface area contributed by atoms with Gasteiger partial charge in [0, 0.05) is 0 Å². The van der Waals surface area contributed by atoms with Crippen LogP contribution in [0.1, 0.15) is 6.92 Å². The lowest BCUT2D eigenvalue weighted by atomic mass is 10.0. The van der Waals surface area contributed by atoms with Gasteiger partial charge in [0.15, 0.2) is 11.6 Å². The molecule has 1 atom stereocenters. The molecule has 0 aliphatic carbocycles. The van der Waals surface area contributed by atoms with E-state index in [2.05, 4.69) is 5.32 Å². The second kappa shape index (κ2) is 4.53. The zero-order valence-electron chi connectivity index (χ0n) is 10.4. The van der Waals surface area contributed by atoms with Gasteiger partial charge in [-0.15, -0.1) is 0 Å². The number of halogens is 2. The summed E-state index contributed by atoms with van der Waals surface area (Å²) in [6, 6.07) is 9.46. The first-order valence-corrected chi connectivity index (χ1v) is 6.13. The standard InChI is InChI=1S/C15H13F2NO/c1-9-8-18-14-7-11(3-5-15(14)19-9)10-2-4-12(16)13(17)6-10/h2-7,9,18H,8H2,1H3. The quantitative estimate of drug-likeness (QED) is 0.842. The van der Waals surface area contributed by atoms with E-state index < -0.39 is 11.6 Å². The average Bonchev–Trinajstić information content (AvgIpc) is 2.41. The van der Waals surface area contributed by atoms with Gasteiger partial charge in [-0.05, 0) is 42.3 Å². The number of benzene rings is 2. The zero-order chi connectivity index (χ0) is 13.4. The van der Waals surface area contributed by atoms with Crippen LogP contribution in [0.5, 0.6) is 5.75 Å². The zero-order valence-corrected chi connectivity index (χ0v) is 10.4. The van der Waals surface area contributed by atoms with Crippen molar-refractivity contribution in [2.75, 3.05) is 11.9 Å². The molecular formula is C15H13F2NO. The molecule has 0 spiro atoms. The summed E-state index contributed by atoms with van der Waals surface area (Å²) in [5, 5.41) is 3.26. The topological polar surface area (TPSA) is 21.3 Å². The Balaban J connectivity index is 2.00. The fraction of sp³-hybridized carbons (Fsp3) is 0.200. The maximum atomic E-state index is 13.2. The lowest BCUT2D eigenvalue weighted by Crippen LogP contribution is -2.27. The Morgan fingerprint density at radius 3 is 2.58 bits per heavy atom. The average molecular weight is 261 g/mol. The second-order valence-electron chi connectivity index (χ2n) is 4.65. The van der Waals surface area contributed by atoms with E-state index in [9.17, 15) is 8.78 Å². The summed E-state index contributed by atoms with van der Waals surface area (Å²) in [5.74, 6) is -0.893. The largest absolute Gasteiger partial charge is 0.487 e. The van der Waals surface area contributed by atoms with Crippen LogP contribution in [0.4, 0.5) is 14.5 Å². The van der Waals surface area contributed by atoms with Crippen molar-refractivity contribution in [1.82, 2.24) is 0 Å². The molecule has 0 saturated carbocycles. The van der Waals surface area contributed by atoms with E-state index in [4.69, 9.17) is 4.74 Å². The number of nitrogens with one attached hydrogen (secondary N) is 1.